The Morgan fingerprint density at radius 2 is 1.39 bits per heavy atom. The third-order valence-electron chi connectivity index (χ3n) is 4.63. The maximum Gasteiger partial charge on any atom is 0.340 e. The van der Waals surface area contributed by atoms with Crippen molar-refractivity contribution in [1.29, 1.82) is 0 Å². The monoisotopic (exact) mass is 384 g/mol. The molecule has 1 aliphatic rings. The van der Waals surface area contributed by atoms with E-state index in [-0.39, 0.29) is 11.1 Å². The van der Waals surface area contributed by atoms with Crippen molar-refractivity contribution in [3.05, 3.63) is 83.9 Å². The van der Waals surface area contributed by atoms with Crippen LogP contribution in [0.3, 0.4) is 0 Å². The number of benzene rings is 2. The van der Waals surface area contributed by atoms with Crippen molar-refractivity contribution >= 4 is 11.9 Å². The fraction of sp³-hybridized carbons (Fsp3) is 0.238. The zero-order chi connectivity index (χ0) is 20.4. The molecule has 4 atom stereocenters. The van der Waals surface area contributed by atoms with E-state index >= 15 is 0 Å². The molecule has 2 aromatic rings. The summed E-state index contributed by atoms with van der Waals surface area (Å²) >= 11 is 0. The van der Waals surface area contributed by atoms with Crippen molar-refractivity contribution in [3.63, 3.8) is 0 Å². The minimum absolute atomic E-state index is 0.159. The van der Waals surface area contributed by atoms with Gasteiger partial charge in [-0.05, 0) is 43.3 Å². The largest absolute Gasteiger partial charge is 0.452 e. The van der Waals surface area contributed by atoms with Gasteiger partial charge in [-0.2, -0.15) is 0 Å². The molecule has 2 aromatic carbocycles. The first-order valence-corrected chi connectivity index (χ1v) is 8.61. The molecule has 0 heterocycles. The van der Waals surface area contributed by atoms with E-state index in [9.17, 15) is 24.9 Å². The Balaban J connectivity index is 1.79. The smallest absolute Gasteiger partial charge is 0.340 e. The number of hydrogen-bond donors (Lipinski definition) is 3. The lowest BCUT2D eigenvalue weighted by Gasteiger charge is -2.45. The summed E-state index contributed by atoms with van der Waals surface area (Å²) in [5.74, 6) is -4.12. The van der Waals surface area contributed by atoms with Gasteiger partial charge in [0.05, 0.1) is 11.1 Å². The van der Waals surface area contributed by atoms with Crippen LogP contribution in [0.5, 0.6) is 0 Å². The van der Waals surface area contributed by atoms with E-state index in [4.69, 9.17) is 9.47 Å². The van der Waals surface area contributed by atoms with Gasteiger partial charge in [0, 0.05) is 0 Å². The minimum atomic E-state index is -2.52. The average Bonchev–Trinajstić information content (AvgIpc) is 2.70. The highest BCUT2D eigenvalue weighted by Gasteiger charge is 2.58. The molecule has 0 unspecified atom stereocenters. The molecule has 7 heteroatoms. The Hall–Kier alpha value is -3.00. The SMILES string of the molecule is C[C@]1(O)[C@@H](O)[C@H](OC(=O)c2ccccc2)C=C[C@]1(O)OC(=O)c1ccccc1. The molecule has 28 heavy (non-hydrogen) atoms. The molecule has 146 valence electrons. The van der Waals surface area contributed by atoms with Gasteiger partial charge in [0.1, 0.15) is 12.2 Å². The van der Waals surface area contributed by atoms with Gasteiger partial charge in [-0.3, -0.25) is 0 Å². The quantitative estimate of drug-likeness (QED) is 0.415. The number of esters is 2. The molecule has 0 aliphatic heterocycles. The van der Waals surface area contributed by atoms with Crippen LogP contribution >= 0.6 is 0 Å². The van der Waals surface area contributed by atoms with Crippen molar-refractivity contribution in [2.45, 2.75) is 30.5 Å². The molecule has 0 aromatic heterocycles. The molecule has 7 nitrogen and oxygen atoms in total. The van der Waals surface area contributed by atoms with Crippen LogP contribution in [0.1, 0.15) is 27.6 Å². The zero-order valence-electron chi connectivity index (χ0n) is 15.1. The molecule has 0 fully saturated rings. The highest BCUT2D eigenvalue weighted by atomic mass is 16.7. The van der Waals surface area contributed by atoms with E-state index in [0.29, 0.717) is 0 Å². The molecule has 3 N–H and O–H groups in total. The van der Waals surface area contributed by atoms with Gasteiger partial charge in [0.25, 0.3) is 5.79 Å². The number of aliphatic hydroxyl groups excluding tert-OH is 1. The van der Waals surface area contributed by atoms with Crippen molar-refractivity contribution in [2.24, 2.45) is 0 Å². The van der Waals surface area contributed by atoms with E-state index in [1.165, 1.54) is 30.3 Å². The predicted molar refractivity (Wildman–Crippen MR) is 98.2 cm³/mol. The second-order valence-corrected chi connectivity index (χ2v) is 6.64. The van der Waals surface area contributed by atoms with Gasteiger partial charge in [-0.25, -0.2) is 9.59 Å². The van der Waals surface area contributed by atoms with E-state index < -0.39 is 35.5 Å². The fourth-order valence-corrected chi connectivity index (χ4v) is 2.81. The second kappa shape index (κ2) is 7.55. The first kappa shape index (κ1) is 19.8. The van der Waals surface area contributed by atoms with Crippen LogP contribution in [0.4, 0.5) is 0 Å². The molecular formula is C21H20O7. The molecule has 0 amide bonds. The molecule has 3 rings (SSSR count). The first-order chi connectivity index (χ1) is 13.2. The Morgan fingerprint density at radius 3 is 1.93 bits per heavy atom. The number of ether oxygens (including phenoxy) is 2. The maximum absolute atomic E-state index is 12.3. The summed E-state index contributed by atoms with van der Waals surface area (Å²) in [6.07, 6.45) is -0.845. The summed E-state index contributed by atoms with van der Waals surface area (Å²) in [5, 5.41) is 31.9. The topological polar surface area (TPSA) is 113 Å². The third kappa shape index (κ3) is 3.68. The van der Waals surface area contributed by atoms with Crippen molar-refractivity contribution in [1.82, 2.24) is 0 Å². The lowest BCUT2D eigenvalue weighted by molar-refractivity contribution is -0.280. The molecule has 0 saturated heterocycles. The molecule has 0 bridgehead atoms. The van der Waals surface area contributed by atoms with Crippen molar-refractivity contribution in [3.8, 4) is 0 Å². The number of carbonyl (C=O) groups excluding carboxylic acids is 2. The highest BCUT2D eigenvalue weighted by Crippen LogP contribution is 2.36. The standard InChI is InChI=1S/C21H20O7/c1-20(25)17(22)16(27-18(23)14-8-4-2-5-9-14)12-13-21(20,26)28-19(24)15-10-6-3-7-11-15/h2-13,16-17,22,25-26H,1H3/t16-,17+,20+,21+/m1/s1. The number of hydrogen-bond acceptors (Lipinski definition) is 7. The van der Waals surface area contributed by atoms with E-state index in [0.717, 1.165) is 13.0 Å². The summed E-state index contributed by atoms with van der Waals surface area (Å²) in [6, 6.07) is 16.0. The summed E-state index contributed by atoms with van der Waals surface area (Å²) in [4.78, 5) is 24.5. The number of aliphatic hydroxyl groups is 3. The van der Waals surface area contributed by atoms with Crippen LogP contribution < -0.4 is 0 Å². The van der Waals surface area contributed by atoms with E-state index in [1.807, 2.05) is 0 Å². The van der Waals surface area contributed by atoms with Crippen LogP contribution in [-0.2, 0) is 9.47 Å². The molecular weight excluding hydrogens is 364 g/mol. The lowest BCUT2D eigenvalue weighted by Crippen LogP contribution is -2.65. The number of carbonyl (C=O) groups is 2. The fourth-order valence-electron chi connectivity index (χ4n) is 2.81. The third-order valence-corrected chi connectivity index (χ3v) is 4.63. The van der Waals surface area contributed by atoms with Crippen LogP contribution in [0.2, 0.25) is 0 Å². The summed E-state index contributed by atoms with van der Waals surface area (Å²) in [7, 11) is 0. The normalized spacial score (nSPS) is 29.1. The van der Waals surface area contributed by atoms with Crippen LogP contribution in [0.25, 0.3) is 0 Å². The Labute approximate surface area is 161 Å². The van der Waals surface area contributed by atoms with Crippen LogP contribution in [-0.4, -0.2) is 50.9 Å². The maximum atomic E-state index is 12.3. The van der Waals surface area contributed by atoms with Gasteiger partial charge in [-0.15, -0.1) is 0 Å². The second-order valence-electron chi connectivity index (χ2n) is 6.64. The summed E-state index contributed by atoms with van der Waals surface area (Å²) < 4.78 is 10.3. The summed E-state index contributed by atoms with van der Waals surface area (Å²) in [5.41, 5.74) is -1.92. The zero-order valence-corrected chi connectivity index (χ0v) is 15.1. The molecule has 0 radical (unpaired) electrons. The van der Waals surface area contributed by atoms with Crippen LogP contribution in [0, 0.1) is 0 Å². The highest BCUT2D eigenvalue weighted by molar-refractivity contribution is 5.90. The van der Waals surface area contributed by atoms with Crippen molar-refractivity contribution < 1.29 is 34.4 Å². The number of rotatable bonds is 4. The van der Waals surface area contributed by atoms with E-state index in [1.54, 1.807) is 36.4 Å². The molecule has 0 saturated carbocycles. The van der Waals surface area contributed by atoms with Gasteiger partial charge < -0.3 is 24.8 Å². The summed E-state index contributed by atoms with van der Waals surface area (Å²) in [6.45, 7) is 1.09. The molecule has 1 aliphatic carbocycles. The van der Waals surface area contributed by atoms with Gasteiger partial charge in [0.2, 0.25) is 0 Å². The molecule has 0 spiro atoms. The lowest BCUT2D eigenvalue weighted by atomic mass is 9.81. The Bertz CT molecular complexity index is 876. The van der Waals surface area contributed by atoms with Crippen molar-refractivity contribution in [2.75, 3.05) is 0 Å². The van der Waals surface area contributed by atoms with Gasteiger partial charge >= 0.3 is 11.9 Å². The average molecular weight is 384 g/mol. The van der Waals surface area contributed by atoms with Gasteiger partial charge in [0.15, 0.2) is 5.60 Å². The van der Waals surface area contributed by atoms with E-state index in [2.05, 4.69) is 0 Å². The van der Waals surface area contributed by atoms with Crippen LogP contribution in [0.15, 0.2) is 72.8 Å². The Kier molecular flexibility index (Phi) is 5.33. The first-order valence-electron chi connectivity index (χ1n) is 8.61. The van der Waals surface area contributed by atoms with Gasteiger partial charge in [-0.1, -0.05) is 36.4 Å². The predicted octanol–water partition coefficient (Wildman–Crippen LogP) is 1.44. The minimum Gasteiger partial charge on any atom is -0.452 e. The Morgan fingerprint density at radius 1 is 0.893 bits per heavy atom.